The molecule has 1 aromatic carbocycles. The molecule has 0 saturated heterocycles. The van der Waals surface area contributed by atoms with Crippen molar-refractivity contribution in [1.82, 2.24) is 20.1 Å². The molecular weight excluding hydrogens is 328 g/mol. The van der Waals surface area contributed by atoms with Crippen molar-refractivity contribution in [1.29, 1.82) is 0 Å². The first-order valence-electron chi connectivity index (χ1n) is 8.17. The number of hydrogen-bond donors (Lipinski definition) is 2. The smallest absolute Gasteiger partial charge is 0.322 e. The Kier molecular flexibility index (Phi) is 4.22. The largest absolute Gasteiger partial charge is 0.328 e. The van der Waals surface area contributed by atoms with Gasteiger partial charge in [0.1, 0.15) is 18.0 Å². The third-order valence-corrected chi connectivity index (χ3v) is 4.41. The molecule has 6 nitrogen and oxygen atoms in total. The molecule has 25 heavy (non-hydrogen) atoms. The third-order valence-electron chi connectivity index (χ3n) is 4.41. The summed E-state index contributed by atoms with van der Waals surface area (Å²) in [6, 6.07) is 3.12. The van der Waals surface area contributed by atoms with Crippen LogP contribution < -0.4 is 10.6 Å². The molecule has 0 aliphatic heterocycles. The highest BCUT2D eigenvalue weighted by molar-refractivity contribution is 5.88. The van der Waals surface area contributed by atoms with E-state index in [4.69, 9.17) is 0 Å². The lowest BCUT2D eigenvalue weighted by Gasteiger charge is -2.43. The van der Waals surface area contributed by atoms with Crippen LogP contribution in [-0.2, 0) is 11.1 Å². The molecule has 1 aliphatic rings. The Morgan fingerprint density at radius 2 is 1.88 bits per heavy atom. The van der Waals surface area contributed by atoms with E-state index in [1.165, 1.54) is 24.5 Å². The molecular formula is C17H21F2N5O. The van der Waals surface area contributed by atoms with Crippen LogP contribution in [0.25, 0.3) is 0 Å². The number of rotatable bonds is 3. The Hall–Kier alpha value is -2.51. The van der Waals surface area contributed by atoms with Crippen LogP contribution in [-0.4, -0.2) is 20.8 Å². The minimum atomic E-state index is -1.04. The molecule has 1 heterocycles. The predicted molar refractivity (Wildman–Crippen MR) is 89.1 cm³/mol. The summed E-state index contributed by atoms with van der Waals surface area (Å²) in [6.45, 7) is 5.86. The van der Waals surface area contributed by atoms with Gasteiger partial charge >= 0.3 is 6.03 Å². The number of hydrogen-bond acceptors (Lipinski definition) is 3. The lowest BCUT2D eigenvalue weighted by Crippen LogP contribution is -2.53. The van der Waals surface area contributed by atoms with Crippen LogP contribution in [0.5, 0.6) is 0 Å². The second-order valence-electron chi connectivity index (χ2n) is 7.30. The molecule has 1 aliphatic carbocycles. The van der Waals surface area contributed by atoms with E-state index < -0.39 is 23.2 Å². The summed E-state index contributed by atoms with van der Waals surface area (Å²) in [5.74, 6) is -1.18. The standard InChI is InChI=1S/C17H21F2N5O/c1-16(2,3)24-10-20-14(23-24)21-15(25)22-17(8-5-9-17)13-11(18)6-4-7-12(13)19/h4,6-7,10H,5,8-9H2,1-3H3,(H2,21,22,23,25). The van der Waals surface area contributed by atoms with Gasteiger partial charge in [-0.3, -0.25) is 5.32 Å². The van der Waals surface area contributed by atoms with Gasteiger partial charge in [-0.25, -0.2) is 23.2 Å². The summed E-state index contributed by atoms with van der Waals surface area (Å²) < 4.78 is 29.9. The van der Waals surface area contributed by atoms with Crippen molar-refractivity contribution >= 4 is 12.0 Å². The molecule has 2 aromatic rings. The molecule has 0 spiro atoms. The van der Waals surface area contributed by atoms with E-state index in [-0.39, 0.29) is 17.1 Å². The molecule has 1 fully saturated rings. The van der Waals surface area contributed by atoms with Crippen molar-refractivity contribution in [3.05, 3.63) is 41.7 Å². The molecule has 0 radical (unpaired) electrons. The first-order valence-corrected chi connectivity index (χ1v) is 8.17. The molecule has 1 aromatic heterocycles. The monoisotopic (exact) mass is 349 g/mol. The quantitative estimate of drug-likeness (QED) is 0.891. The van der Waals surface area contributed by atoms with E-state index >= 15 is 0 Å². The van der Waals surface area contributed by atoms with Gasteiger partial charge in [0, 0.05) is 5.56 Å². The van der Waals surface area contributed by atoms with Crippen LogP contribution in [0.1, 0.15) is 45.6 Å². The predicted octanol–water partition coefficient (Wildman–Crippen LogP) is 3.51. The maximum absolute atomic E-state index is 14.1. The average Bonchev–Trinajstić information content (AvgIpc) is 2.92. The average molecular weight is 349 g/mol. The van der Waals surface area contributed by atoms with Gasteiger partial charge in [-0.15, -0.1) is 5.10 Å². The molecule has 0 atom stereocenters. The summed E-state index contributed by atoms with van der Waals surface area (Å²) in [7, 11) is 0. The molecule has 0 bridgehead atoms. The summed E-state index contributed by atoms with van der Waals surface area (Å²) in [4.78, 5) is 16.4. The molecule has 134 valence electrons. The highest BCUT2D eigenvalue weighted by Gasteiger charge is 2.44. The van der Waals surface area contributed by atoms with Crippen LogP contribution >= 0.6 is 0 Å². The van der Waals surface area contributed by atoms with E-state index in [2.05, 4.69) is 20.7 Å². The number of halogens is 2. The number of benzene rings is 1. The van der Waals surface area contributed by atoms with Crippen LogP contribution in [0.2, 0.25) is 0 Å². The molecule has 8 heteroatoms. The maximum Gasteiger partial charge on any atom is 0.322 e. The van der Waals surface area contributed by atoms with Crippen molar-refractivity contribution in [2.75, 3.05) is 5.32 Å². The van der Waals surface area contributed by atoms with Crippen LogP contribution in [0.15, 0.2) is 24.5 Å². The van der Waals surface area contributed by atoms with Gasteiger partial charge in [0.05, 0.1) is 11.1 Å². The second kappa shape index (κ2) is 6.09. The van der Waals surface area contributed by atoms with E-state index in [0.29, 0.717) is 12.8 Å². The van der Waals surface area contributed by atoms with Gasteiger partial charge < -0.3 is 5.32 Å². The van der Waals surface area contributed by atoms with Crippen molar-refractivity contribution in [2.24, 2.45) is 0 Å². The lowest BCUT2D eigenvalue weighted by atomic mass is 9.71. The van der Waals surface area contributed by atoms with Gasteiger partial charge in [-0.1, -0.05) is 6.07 Å². The number of carbonyl (C=O) groups is 1. The zero-order valence-corrected chi connectivity index (χ0v) is 14.4. The first kappa shape index (κ1) is 17.3. The minimum Gasteiger partial charge on any atom is -0.328 e. The number of nitrogens with zero attached hydrogens (tertiary/aromatic N) is 3. The number of carbonyl (C=O) groups excluding carboxylic acids is 1. The Bertz CT molecular complexity index is 772. The van der Waals surface area contributed by atoms with Crippen molar-refractivity contribution in [3.63, 3.8) is 0 Å². The van der Waals surface area contributed by atoms with Crippen LogP contribution in [0, 0.1) is 11.6 Å². The summed E-state index contributed by atoms with van der Waals surface area (Å²) in [5, 5.41) is 9.42. The SMILES string of the molecule is CC(C)(C)n1cnc(NC(=O)NC2(c3c(F)cccc3F)CCC2)n1. The van der Waals surface area contributed by atoms with E-state index in [9.17, 15) is 13.6 Å². The normalized spacial score (nSPS) is 16.2. The topological polar surface area (TPSA) is 71.8 Å². The van der Waals surface area contributed by atoms with Gasteiger partial charge in [-0.05, 0) is 52.2 Å². The summed E-state index contributed by atoms with van der Waals surface area (Å²) in [6.07, 6.45) is 3.25. The summed E-state index contributed by atoms with van der Waals surface area (Å²) >= 11 is 0. The van der Waals surface area contributed by atoms with Crippen molar-refractivity contribution in [2.45, 2.75) is 51.1 Å². The van der Waals surface area contributed by atoms with Gasteiger partial charge in [-0.2, -0.15) is 0 Å². The molecule has 0 unspecified atom stereocenters. The van der Waals surface area contributed by atoms with Gasteiger partial charge in [0.25, 0.3) is 0 Å². The first-order chi connectivity index (χ1) is 11.7. The number of amides is 2. The van der Waals surface area contributed by atoms with E-state index in [0.717, 1.165) is 6.42 Å². The van der Waals surface area contributed by atoms with E-state index in [1.54, 1.807) is 4.68 Å². The Labute approximate surface area is 144 Å². The summed E-state index contributed by atoms with van der Waals surface area (Å²) in [5.41, 5.74) is -1.40. The molecule has 2 N–H and O–H groups in total. The van der Waals surface area contributed by atoms with E-state index in [1.807, 2.05) is 20.8 Å². The lowest BCUT2D eigenvalue weighted by molar-refractivity contribution is 0.175. The Balaban J connectivity index is 1.76. The molecule has 3 rings (SSSR count). The number of urea groups is 1. The number of aromatic nitrogens is 3. The van der Waals surface area contributed by atoms with Gasteiger partial charge in [0.15, 0.2) is 0 Å². The zero-order chi connectivity index (χ0) is 18.2. The van der Waals surface area contributed by atoms with Crippen molar-refractivity contribution in [3.8, 4) is 0 Å². The maximum atomic E-state index is 14.1. The molecule has 2 amide bonds. The fraction of sp³-hybridized carbons (Fsp3) is 0.471. The zero-order valence-electron chi connectivity index (χ0n) is 14.4. The highest BCUT2D eigenvalue weighted by atomic mass is 19.1. The van der Waals surface area contributed by atoms with Crippen LogP contribution in [0.4, 0.5) is 19.5 Å². The number of anilines is 1. The Morgan fingerprint density at radius 1 is 1.24 bits per heavy atom. The second-order valence-corrected chi connectivity index (χ2v) is 7.30. The highest BCUT2D eigenvalue weighted by Crippen LogP contribution is 2.43. The Morgan fingerprint density at radius 3 is 2.36 bits per heavy atom. The fourth-order valence-corrected chi connectivity index (χ4v) is 2.92. The van der Waals surface area contributed by atoms with Gasteiger partial charge in [0.2, 0.25) is 5.95 Å². The third kappa shape index (κ3) is 3.33. The van der Waals surface area contributed by atoms with Crippen molar-refractivity contribution < 1.29 is 13.6 Å². The minimum absolute atomic E-state index is 0.0930. The molecule has 1 saturated carbocycles. The van der Waals surface area contributed by atoms with Crippen LogP contribution in [0.3, 0.4) is 0 Å². The fourth-order valence-electron chi connectivity index (χ4n) is 2.92. The number of nitrogens with one attached hydrogen (secondary N) is 2.